The van der Waals surface area contributed by atoms with Gasteiger partial charge in [-0.05, 0) is 26.0 Å². The van der Waals surface area contributed by atoms with Crippen molar-refractivity contribution in [2.75, 3.05) is 6.54 Å². The van der Waals surface area contributed by atoms with Crippen LogP contribution in [0.1, 0.15) is 40.9 Å². The van der Waals surface area contributed by atoms with Crippen LogP contribution in [-0.4, -0.2) is 11.5 Å². The normalized spacial score (nSPS) is 12.6. The Morgan fingerprint density at radius 1 is 1.39 bits per heavy atom. The SMILES string of the molecule is CCNC(C)c1cnc(Cc2cccc(C)c2)s1. The minimum absolute atomic E-state index is 0.402. The maximum absolute atomic E-state index is 4.52. The molecule has 96 valence electrons. The molecule has 3 heteroatoms. The van der Waals surface area contributed by atoms with E-state index in [1.54, 1.807) is 0 Å². The van der Waals surface area contributed by atoms with Crippen LogP contribution in [0.15, 0.2) is 30.5 Å². The molecule has 2 rings (SSSR count). The minimum atomic E-state index is 0.402. The smallest absolute Gasteiger partial charge is 0.0972 e. The summed E-state index contributed by atoms with van der Waals surface area (Å²) < 4.78 is 0. The van der Waals surface area contributed by atoms with Crippen LogP contribution < -0.4 is 5.32 Å². The first-order valence-corrected chi connectivity index (χ1v) is 7.24. The van der Waals surface area contributed by atoms with Gasteiger partial charge in [0.15, 0.2) is 0 Å². The molecular formula is C15H20N2S. The van der Waals surface area contributed by atoms with Crippen LogP contribution in [-0.2, 0) is 6.42 Å². The van der Waals surface area contributed by atoms with Crippen LogP contribution in [0.3, 0.4) is 0 Å². The molecule has 0 bridgehead atoms. The van der Waals surface area contributed by atoms with E-state index in [4.69, 9.17) is 0 Å². The number of thiazole rings is 1. The quantitative estimate of drug-likeness (QED) is 0.886. The highest BCUT2D eigenvalue weighted by Crippen LogP contribution is 2.22. The molecule has 2 nitrogen and oxygen atoms in total. The summed E-state index contributed by atoms with van der Waals surface area (Å²) in [5, 5.41) is 4.61. The van der Waals surface area contributed by atoms with E-state index < -0.39 is 0 Å². The van der Waals surface area contributed by atoms with Gasteiger partial charge in [0.2, 0.25) is 0 Å². The molecule has 0 aliphatic heterocycles. The van der Waals surface area contributed by atoms with Crippen molar-refractivity contribution in [3.05, 3.63) is 51.5 Å². The summed E-state index contributed by atoms with van der Waals surface area (Å²) in [6.45, 7) is 7.44. The van der Waals surface area contributed by atoms with E-state index in [1.807, 2.05) is 17.5 Å². The second-order valence-electron chi connectivity index (χ2n) is 4.60. The number of benzene rings is 1. The van der Waals surface area contributed by atoms with Crippen LogP contribution in [0.4, 0.5) is 0 Å². The number of rotatable bonds is 5. The first-order valence-electron chi connectivity index (χ1n) is 6.42. The Labute approximate surface area is 113 Å². The molecule has 0 fully saturated rings. The first kappa shape index (κ1) is 13.2. The monoisotopic (exact) mass is 260 g/mol. The summed E-state index contributed by atoms with van der Waals surface area (Å²) in [7, 11) is 0. The largest absolute Gasteiger partial charge is 0.310 e. The van der Waals surface area contributed by atoms with Crippen molar-refractivity contribution in [3.8, 4) is 0 Å². The molecule has 1 atom stereocenters. The van der Waals surface area contributed by atoms with Gasteiger partial charge >= 0.3 is 0 Å². The number of nitrogens with zero attached hydrogens (tertiary/aromatic N) is 1. The molecule has 0 aliphatic rings. The lowest BCUT2D eigenvalue weighted by Crippen LogP contribution is -2.16. The fourth-order valence-corrected chi connectivity index (χ4v) is 2.99. The molecule has 1 aromatic heterocycles. The van der Waals surface area contributed by atoms with Gasteiger partial charge in [0.25, 0.3) is 0 Å². The molecule has 0 spiro atoms. The average Bonchev–Trinajstić information content (AvgIpc) is 2.78. The average molecular weight is 260 g/mol. The van der Waals surface area contributed by atoms with Crippen LogP contribution in [0.25, 0.3) is 0 Å². The van der Waals surface area contributed by atoms with E-state index in [-0.39, 0.29) is 0 Å². The van der Waals surface area contributed by atoms with Gasteiger partial charge in [-0.2, -0.15) is 0 Å². The second kappa shape index (κ2) is 6.12. The van der Waals surface area contributed by atoms with E-state index in [9.17, 15) is 0 Å². The third-order valence-corrected chi connectivity index (χ3v) is 4.13. The number of hydrogen-bond acceptors (Lipinski definition) is 3. The molecule has 0 aliphatic carbocycles. The lowest BCUT2D eigenvalue weighted by atomic mass is 10.1. The van der Waals surface area contributed by atoms with Crippen molar-refractivity contribution in [2.24, 2.45) is 0 Å². The molecule has 0 saturated carbocycles. The van der Waals surface area contributed by atoms with E-state index in [1.165, 1.54) is 21.0 Å². The van der Waals surface area contributed by atoms with Gasteiger partial charge in [0.05, 0.1) is 5.01 Å². The van der Waals surface area contributed by atoms with Crippen molar-refractivity contribution < 1.29 is 0 Å². The topological polar surface area (TPSA) is 24.9 Å². The third kappa shape index (κ3) is 3.40. The van der Waals surface area contributed by atoms with Crippen molar-refractivity contribution in [1.82, 2.24) is 10.3 Å². The number of aromatic nitrogens is 1. The molecule has 1 aromatic carbocycles. The van der Waals surface area contributed by atoms with E-state index in [0.29, 0.717) is 6.04 Å². The second-order valence-corrected chi connectivity index (χ2v) is 5.75. The molecule has 0 amide bonds. The van der Waals surface area contributed by atoms with Crippen LogP contribution in [0, 0.1) is 6.92 Å². The van der Waals surface area contributed by atoms with Crippen LogP contribution in [0.2, 0.25) is 0 Å². The summed E-state index contributed by atoms with van der Waals surface area (Å²) in [5.41, 5.74) is 2.65. The van der Waals surface area contributed by atoms with E-state index in [2.05, 4.69) is 55.3 Å². The zero-order valence-electron chi connectivity index (χ0n) is 11.2. The zero-order chi connectivity index (χ0) is 13.0. The molecule has 0 saturated heterocycles. The van der Waals surface area contributed by atoms with Gasteiger partial charge in [-0.3, -0.25) is 0 Å². The Morgan fingerprint density at radius 2 is 2.22 bits per heavy atom. The van der Waals surface area contributed by atoms with E-state index >= 15 is 0 Å². The zero-order valence-corrected chi connectivity index (χ0v) is 12.1. The Hall–Kier alpha value is -1.19. The molecular weight excluding hydrogens is 240 g/mol. The Morgan fingerprint density at radius 3 is 2.94 bits per heavy atom. The third-order valence-electron chi connectivity index (χ3n) is 2.95. The summed E-state index contributed by atoms with van der Waals surface area (Å²) in [6.07, 6.45) is 2.94. The highest BCUT2D eigenvalue weighted by atomic mass is 32.1. The highest BCUT2D eigenvalue weighted by molar-refractivity contribution is 7.11. The van der Waals surface area contributed by atoms with Crippen molar-refractivity contribution in [1.29, 1.82) is 0 Å². The Kier molecular flexibility index (Phi) is 4.50. The predicted molar refractivity (Wildman–Crippen MR) is 78.2 cm³/mol. The lowest BCUT2D eigenvalue weighted by molar-refractivity contribution is 0.606. The summed E-state index contributed by atoms with van der Waals surface area (Å²) in [6, 6.07) is 9.04. The number of aryl methyl sites for hydroxylation is 1. The number of nitrogens with one attached hydrogen (secondary N) is 1. The summed E-state index contributed by atoms with van der Waals surface area (Å²) in [4.78, 5) is 5.84. The van der Waals surface area contributed by atoms with E-state index in [0.717, 1.165) is 13.0 Å². The van der Waals surface area contributed by atoms with Crippen molar-refractivity contribution in [3.63, 3.8) is 0 Å². The Bertz CT molecular complexity index is 505. The summed E-state index contributed by atoms with van der Waals surface area (Å²) >= 11 is 1.81. The molecule has 0 radical (unpaired) electrons. The standard InChI is InChI=1S/C15H20N2S/c1-4-16-12(3)14-10-17-15(18-14)9-13-7-5-6-11(2)8-13/h5-8,10,12,16H,4,9H2,1-3H3. The fraction of sp³-hybridized carbons (Fsp3) is 0.400. The fourth-order valence-electron chi connectivity index (χ4n) is 2.01. The molecule has 18 heavy (non-hydrogen) atoms. The molecule has 2 aromatic rings. The first-order chi connectivity index (χ1) is 8.69. The van der Waals surface area contributed by atoms with Crippen molar-refractivity contribution in [2.45, 2.75) is 33.2 Å². The maximum atomic E-state index is 4.52. The van der Waals surface area contributed by atoms with Gasteiger partial charge in [-0.15, -0.1) is 11.3 Å². The Balaban J connectivity index is 2.06. The minimum Gasteiger partial charge on any atom is -0.310 e. The van der Waals surface area contributed by atoms with Crippen LogP contribution in [0.5, 0.6) is 0 Å². The lowest BCUT2D eigenvalue weighted by Gasteiger charge is -2.08. The van der Waals surface area contributed by atoms with Gasteiger partial charge < -0.3 is 5.32 Å². The van der Waals surface area contributed by atoms with Gasteiger partial charge in [-0.1, -0.05) is 36.8 Å². The highest BCUT2D eigenvalue weighted by Gasteiger charge is 2.09. The van der Waals surface area contributed by atoms with Gasteiger partial charge in [-0.25, -0.2) is 4.98 Å². The summed E-state index contributed by atoms with van der Waals surface area (Å²) in [5.74, 6) is 0. The predicted octanol–water partition coefficient (Wildman–Crippen LogP) is 3.71. The molecule has 1 N–H and O–H groups in total. The molecule has 1 unspecified atom stereocenters. The number of hydrogen-bond donors (Lipinski definition) is 1. The van der Waals surface area contributed by atoms with Crippen LogP contribution >= 0.6 is 11.3 Å². The van der Waals surface area contributed by atoms with Crippen molar-refractivity contribution >= 4 is 11.3 Å². The van der Waals surface area contributed by atoms with Gasteiger partial charge in [0, 0.05) is 23.5 Å². The maximum Gasteiger partial charge on any atom is 0.0972 e. The van der Waals surface area contributed by atoms with Gasteiger partial charge in [0.1, 0.15) is 0 Å². The molecule has 1 heterocycles.